The number of carboxylic acid groups (broad SMARTS) is 1. The van der Waals surface area contributed by atoms with Gasteiger partial charge in [0.15, 0.2) is 0 Å². The molecule has 0 fully saturated rings. The molecule has 1 amide bonds. The van der Waals surface area contributed by atoms with E-state index in [1.165, 1.54) is 0 Å². The quantitative estimate of drug-likeness (QED) is 0.424. The highest BCUT2D eigenvalue weighted by molar-refractivity contribution is 5.93. The number of carbonyl (C=O) groups is 3. The smallest absolute Gasteiger partial charge is 0.312 e. The summed E-state index contributed by atoms with van der Waals surface area (Å²) in [5, 5.41) is 14.3. The van der Waals surface area contributed by atoms with Crippen molar-refractivity contribution < 1.29 is 19.5 Å². The van der Waals surface area contributed by atoms with Crippen molar-refractivity contribution in [3.8, 4) is 0 Å². The zero-order valence-electron chi connectivity index (χ0n) is 13.4. The number of aliphatic carboxylic acids is 1. The number of hydrogen-bond donors (Lipinski definition) is 3. The zero-order chi connectivity index (χ0) is 17.1. The van der Waals surface area contributed by atoms with Crippen molar-refractivity contribution in [2.45, 2.75) is 45.2 Å². The Balaban J connectivity index is 2.22. The first-order valence-corrected chi connectivity index (χ1v) is 7.75. The van der Waals surface area contributed by atoms with E-state index in [2.05, 4.69) is 10.6 Å². The van der Waals surface area contributed by atoms with E-state index in [9.17, 15) is 14.4 Å². The number of carbonyl (C=O) groups excluding carboxylic acids is 2. The molecule has 1 unspecified atom stereocenters. The van der Waals surface area contributed by atoms with Crippen LogP contribution in [0.2, 0.25) is 0 Å². The molecule has 0 spiro atoms. The third kappa shape index (κ3) is 8.73. The highest BCUT2D eigenvalue weighted by Gasteiger charge is 2.13. The van der Waals surface area contributed by atoms with Crippen molar-refractivity contribution in [2.24, 2.45) is 0 Å². The lowest BCUT2D eigenvalue weighted by molar-refractivity contribution is -0.140. The van der Waals surface area contributed by atoms with Crippen molar-refractivity contribution in [2.75, 3.05) is 6.54 Å². The second-order valence-corrected chi connectivity index (χ2v) is 5.45. The summed E-state index contributed by atoms with van der Waals surface area (Å²) in [5.74, 6) is -1.53. The summed E-state index contributed by atoms with van der Waals surface area (Å²) in [6, 6.07) is 9.67. The van der Waals surface area contributed by atoms with E-state index in [1.54, 1.807) is 6.92 Å². The standard InChI is InChI=1S/C17H24N2O4/c1-13(20)15(19-12-14-7-3-2-4-8-14)9-5-6-10-18-16(21)11-17(22)23/h2-4,7-8,15,19H,5-6,9-12H2,1H3,(H,18,21)(H,22,23). The van der Waals surface area contributed by atoms with E-state index >= 15 is 0 Å². The summed E-state index contributed by atoms with van der Waals surface area (Å²) in [4.78, 5) is 33.2. The molecule has 0 aliphatic heterocycles. The maximum atomic E-state index is 11.7. The summed E-state index contributed by atoms with van der Waals surface area (Å²) in [6.07, 6.45) is 1.67. The summed E-state index contributed by atoms with van der Waals surface area (Å²) in [5.41, 5.74) is 1.12. The molecule has 1 aromatic carbocycles. The maximum absolute atomic E-state index is 11.7. The first-order chi connectivity index (χ1) is 11.0. The molecule has 1 rings (SSSR count). The summed E-state index contributed by atoms with van der Waals surface area (Å²) < 4.78 is 0. The molecule has 0 aromatic heterocycles. The lowest BCUT2D eigenvalue weighted by Gasteiger charge is -2.16. The van der Waals surface area contributed by atoms with Crippen LogP contribution in [0, 0.1) is 0 Å². The van der Waals surface area contributed by atoms with Crippen molar-refractivity contribution in [1.82, 2.24) is 10.6 Å². The largest absolute Gasteiger partial charge is 0.481 e. The van der Waals surface area contributed by atoms with Crippen LogP contribution in [0.4, 0.5) is 0 Å². The number of amides is 1. The van der Waals surface area contributed by atoms with Crippen LogP contribution in [0.5, 0.6) is 0 Å². The Morgan fingerprint density at radius 1 is 1.13 bits per heavy atom. The molecule has 1 atom stereocenters. The summed E-state index contributed by atoms with van der Waals surface area (Å²) in [7, 11) is 0. The molecule has 0 bridgehead atoms. The van der Waals surface area contributed by atoms with Gasteiger partial charge in [0, 0.05) is 13.1 Å². The second-order valence-electron chi connectivity index (χ2n) is 5.45. The predicted octanol–water partition coefficient (Wildman–Crippen LogP) is 1.49. The number of rotatable bonds is 11. The van der Waals surface area contributed by atoms with Crippen LogP contribution in [0.15, 0.2) is 30.3 Å². The van der Waals surface area contributed by atoms with Gasteiger partial charge >= 0.3 is 5.97 Å². The van der Waals surface area contributed by atoms with Gasteiger partial charge in [0.25, 0.3) is 0 Å². The topological polar surface area (TPSA) is 95.5 Å². The minimum absolute atomic E-state index is 0.0934. The van der Waals surface area contributed by atoms with E-state index in [0.717, 1.165) is 12.0 Å². The third-order valence-electron chi connectivity index (χ3n) is 3.44. The molecule has 23 heavy (non-hydrogen) atoms. The van der Waals surface area contributed by atoms with Gasteiger partial charge < -0.3 is 15.7 Å². The number of Topliss-reactive ketones (excluding diaryl/α,β-unsaturated/α-hetero) is 1. The van der Waals surface area contributed by atoms with Gasteiger partial charge in [-0.05, 0) is 31.7 Å². The van der Waals surface area contributed by atoms with Crippen LogP contribution in [-0.4, -0.2) is 35.4 Å². The van der Waals surface area contributed by atoms with Gasteiger partial charge in [-0.3, -0.25) is 14.4 Å². The van der Waals surface area contributed by atoms with Gasteiger partial charge in [0.05, 0.1) is 6.04 Å². The van der Waals surface area contributed by atoms with Gasteiger partial charge in [-0.2, -0.15) is 0 Å². The average molecular weight is 320 g/mol. The van der Waals surface area contributed by atoms with E-state index in [0.29, 0.717) is 25.9 Å². The van der Waals surface area contributed by atoms with Crippen LogP contribution in [0.3, 0.4) is 0 Å². The molecule has 126 valence electrons. The minimum Gasteiger partial charge on any atom is -0.481 e. The van der Waals surface area contributed by atoms with Crippen LogP contribution < -0.4 is 10.6 Å². The number of ketones is 1. The SMILES string of the molecule is CC(=O)C(CCCCNC(=O)CC(=O)O)NCc1ccccc1. The number of hydrogen-bond acceptors (Lipinski definition) is 4. The second kappa shape index (κ2) is 10.5. The van der Waals surface area contributed by atoms with Crippen molar-refractivity contribution in [1.29, 1.82) is 0 Å². The first-order valence-electron chi connectivity index (χ1n) is 7.75. The highest BCUT2D eigenvalue weighted by Crippen LogP contribution is 2.05. The molecule has 0 aliphatic rings. The fourth-order valence-electron chi connectivity index (χ4n) is 2.19. The maximum Gasteiger partial charge on any atom is 0.312 e. The van der Waals surface area contributed by atoms with Gasteiger partial charge in [-0.25, -0.2) is 0 Å². The Hall–Kier alpha value is -2.21. The van der Waals surface area contributed by atoms with E-state index in [1.807, 2.05) is 30.3 Å². The first kappa shape index (κ1) is 18.8. The molecule has 0 aliphatic carbocycles. The molecular formula is C17H24N2O4. The molecule has 0 saturated carbocycles. The zero-order valence-corrected chi connectivity index (χ0v) is 13.4. The molecule has 0 heterocycles. The summed E-state index contributed by atoms with van der Waals surface area (Å²) in [6.45, 7) is 2.63. The molecule has 6 nitrogen and oxygen atoms in total. The number of unbranched alkanes of at least 4 members (excludes halogenated alkanes) is 1. The molecular weight excluding hydrogens is 296 g/mol. The highest BCUT2D eigenvalue weighted by atomic mass is 16.4. The lowest BCUT2D eigenvalue weighted by atomic mass is 10.1. The minimum atomic E-state index is -1.13. The molecule has 3 N–H and O–H groups in total. The van der Waals surface area contributed by atoms with E-state index in [-0.39, 0.29) is 11.8 Å². The third-order valence-corrected chi connectivity index (χ3v) is 3.44. The van der Waals surface area contributed by atoms with Crippen molar-refractivity contribution in [3.05, 3.63) is 35.9 Å². The van der Waals surface area contributed by atoms with Crippen LogP contribution in [0.1, 0.15) is 38.2 Å². The van der Waals surface area contributed by atoms with E-state index in [4.69, 9.17) is 5.11 Å². The molecule has 1 aromatic rings. The van der Waals surface area contributed by atoms with Crippen LogP contribution in [-0.2, 0) is 20.9 Å². The normalized spacial score (nSPS) is 11.7. The van der Waals surface area contributed by atoms with Crippen molar-refractivity contribution in [3.63, 3.8) is 0 Å². The Bertz CT molecular complexity index is 517. The lowest BCUT2D eigenvalue weighted by Crippen LogP contribution is -2.35. The summed E-state index contributed by atoms with van der Waals surface area (Å²) >= 11 is 0. The Labute approximate surface area is 136 Å². The molecule has 6 heteroatoms. The van der Waals surface area contributed by atoms with Gasteiger partial charge in [-0.1, -0.05) is 30.3 Å². The number of carboxylic acids is 1. The van der Waals surface area contributed by atoms with E-state index < -0.39 is 18.3 Å². The molecule has 0 radical (unpaired) electrons. The number of benzene rings is 1. The van der Waals surface area contributed by atoms with Crippen LogP contribution >= 0.6 is 0 Å². The van der Waals surface area contributed by atoms with Gasteiger partial charge in [0.2, 0.25) is 5.91 Å². The fourth-order valence-corrected chi connectivity index (χ4v) is 2.19. The number of nitrogens with one attached hydrogen (secondary N) is 2. The van der Waals surface area contributed by atoms with Crippen LogP contribution in [0.25, 0.3) is 0 Å². The predicted molar refractivity (Wildman–Crippen MR) is 86.9 cm³/mol. The van der Waals surface area contributed by atoms with Crippen molar-refractivity contribution >= 4 is 17.7 Å². The Morgan fingerprint density at radius 2 is 1.83 bits per heavy atom. The van der Waals surface area contributed by atoms with Gasteiger partial charge in [0.1, 0.15) is 12.2 Å². The Morgan fingerprint density at radius 3 is 2.43 bits per heavy atom. The molecule has 0 saturated heterocycles. The average Bonchev–Trinajstić information content (AvgIpc) is 2.49. The van der Waals surface area contributed by atoms with Gasteiger partial charge in [-0.15, -0.1) is 0 Å². The monoisotopic (exact) mass is 320 g/mol. The fraction of sp³-hybridized carbons (Fsp3) is 0.471. The Kier molecular flexibility index (Phi) is 8.60.